The zero-order valence-corrected chi connectivity index (χ0v) is 6.66. The van der Waals surface area contributed by atoms with Gasteiger partial charge in [-0.3, -0.25) is 0 Å². The third-order valence-electron chi connectivity index (χ3n) is 2.17. The van der Waals surface area contributed by atoms with Gasteiger partial charge in [0.25, 0.3) is 0 Å². The Hall–Kier alpha value is -0.700. The Balaban J connectivity index is 2.43. The number of rotatable bonds is 2. The van der Waals surface area contributed by atoms with Crippen LogP contribution >= 0.6 is 11.3 Å². The molecule has 1 saturated carbocycles. The van der Waals surface area contributed by atoms with Gasteiger partial charge in [0.15, 0.2) is 0 Å². The van der Waals surface area contributed by atoms with Crippen molar-refractivity contribution in [2.45, 2.75) is 18.3 Å². The van der Waals surface area contributed by atoms with E-state index < -0.39 is 5.41 Å². The quantitative estimate of drug-likeness (QED) is 0.621. The molecule has 0 bridgehead atoms. The molecule has 0 spiro atoms. The van der Waals surface area contributed by atoms with Crippen LogP contribution in [-0.2, 0) is 10.2 Å². The maximum absolute atomic E-state index is 12.9. The first-order chi connectivity index (χ1) is 5.28. The lowest BCUT2D eigenvalue weighted by atomic mass is 10.0. The first-order valence-corrected chi connectivity index (χ1v) is 4.41. The van der Waals surface area contributed by atoms with Gasteiger partial charge in [-0.05, 0) is 18.2 Å². The minimum Gasteiger partial charge on any atom is -0.302 e. The van der Waals surface area contributed by atoms with Crippen LogP contribution < -0.4 is 0 Å². The topological polar surface area (TPSA) is 17.1 Å². The fourth-order valence-electron chi connectivity index (χ4n) is 1.22. The van der Waals surface area contributed by atoms with Crippen LogP contribution in [0.25, 0.3) is 0 Å². The molecule has 1 heterocycles. The molecule has 0 N–H and O–H groups in total. The highest BCUT2D eigenvalue weighted by Crippen LogP contribution is 2.47. The van der Waals surface area contributed by atoms with Crippen LogP contribution in [0.1, 0.15) is 18.4 Å². The molecule has 1 aromatic heterocycles. The molecule has 58 valence electrons. The summed E-state index contributed by atoms with van der Waals surface area (Å²) in [5.74, 6) is -0.223. The molecule has 1 aliphatic rings. The van der Waals surface area contributed by atoms with Gasteiger partial charge in [-0.1, -0.05) is 0 Å². The Kier molecular flexibility index (Phi) is 1.36. The highest BCUT2D eigenvalue weighted by atomic mass is 32.1. The standard InChI is InChI=1S/C8H7FOS/c9-7-4-11-3-6(7)8(5-10)1-2-8/h3-5H,1-2H2. The maximum atomic E-state index is 12.9. The van der Waals surface area contributed by atoms with E-state index in [9.17, 15) is 9.18 Å². The minimum atomic E-state index is -0.440. The zero-order chi connectivity index (χ0) is 7.90. The first-order valence-electron chi connectivity index (χ1n) is 3.47. The number of hydrogen-bond donors (Lipinski definition) is 0. The normalized spacial score (nSPS) is 19.7. The molecule has 0 aromatic carbocycles. The highest BCUT2D eigenvalue weighted by Gasteiger charge is 2.46. The average Bonchev–Trinajstić information content (AvgIpc) is 2.70. The lowest BCUT2D eigenvalue weighted by Crippen LogP contribution is -2.07. The number of halogens is 1. The van der Waals surface area contributed by atoms with E-state index in [2.05, 4.69) is 0 Å². The molecule has 3 heteroatoms. The molecule has 1 aliphatic carbocycles. The minimum absolute atomic E-state index is 0.223. The van der Waals surface area contributed by atoms with Crippen LogP contribution in [0.5, 0.6) is 0 Å². The molecule has 0 unspecified atom stereocenters. The van der Waals surface area contributed by atoms with Crippen molar-refractivity contribution in [3.8, 4) is 0 Å². The van der Waals surface area contributed by atoms with Crippen molar-refractivity contribution >= 4 is 17.6 Å². The highest BCUT2D eigenvalue weighted by molar-refractivity contribution is 7.08. The lowest BCUT2D eigenvalue weighted by molar-refractivity contribution is -0.109. The molecule has 0 atom stereocenters. The summed E-state index contributed by atoms with van der Waals surface area (Å²) in [6.07, 6.45) is 2.49. The van der Waals surface area contributed by atoms with Gasteiger partial charge in [-0.2, -0.15) is 0 Å². The van der Waals surface area contributed by atoms with Gasteiger partial charge < -0.3 is 4.79 Å². The largest absolute Gasteiger partial charge is 0.302 e. The van der Waals surface area contributed by atoms with Crippen LogP contribution in [-0.4, -0.2) is 6.29 Å². The molecule has 1 fully saturated rings. The first kappa shape index (κ1) is 6.98. The number of carbonyl (C=O) groups is 1. The number of thiophene rings is 1. The number of aldehydes is 1. The third kappa shape index (κ3) is 0.913. The summed E-state index contributed by atoms with van der Waals surface area (Å²) >= 11 is 1.31. The van der Waals surface area contributed by atoms with E-state index in [1.807, 2.05) is 0 Å². The molecule has 1 aromatic rings. The molecular formula is C8H7FOS. The number of hydrogen-bond acceptors (Lipinski definition) is 2. The SMILES string of the molecule is O=CC1(c2cscc2F)CC1. The van der Waals surface area contributed by atoms with Gasteiger partial charge in [0.05, 0.1) is 5.41 Å². The van der Waals surface area contributed by atoms with Crippen molar-refractivity contribution in [3.63, 3.8) is 0 Å². The van der Waals surface area contributed by atoms with Gasteiger partial charge in [0.2, 0.25) is 0 Å². The summed E-state index contributed by atoms with van der Waals surface area (Å²) in [6.45, 7) is 0. The summed E-state index contributed by atoms with van der Waals surface area (Å²) in [7, 11) is 0. The van der Waals surface area contributed by atoms with Gasteiger partial charge in [-0.25, -0.2) is 4.39 Å². The van der Waals surface area contributed by atoms with Crippen molar-refractivity contribution in [1.82, 2.24) is 0 Å². The van der Waals surface area contributed by atoms with Crippen molar-refractivity contribution in [1.29, 1.82) is 0 Å². The van der Waals surface area contributed by atoms with Crippen LogP contribution in [0.2, 0.25) is 0 Å². The Bertz CT molecular complexity index is 288. The molecule has 0 saturated heterocycles. The molecular weight excluding hydrogens is 163 g/mol. The third-order valence-corrected chi connectivity index (χ3v) is 2.88. The summed E-state index contributed by atoms with van der Waals surface area (Å²) in [5.41, 5.74) is 0.155. The van der Waals surface area contributed by atoms with E-state index in [-0.39, 0.29) is 5.82 Å². The molecule has 0 radical (unpaired) electrons. The molecule has 1 nitrogen and oxygen atoms in total. The predicted octanol–water partition coefficient (Wildman–Crippen LogP) is 2.12. The van der Waals surface area contributed by atoms with Gasteiger partial charge in [-0.15, -0.1) is 11.3 Å². The second-order valence-corrected chi connectivity index (χ2v) is 3.65. The summed E-state index contributed by atoms with van der Waals surface area (Å²) in [4.78, 5) is 10.6. The van der Waals surface area contributed by atoms with Gasteiger partial charge >= 0.3 is 0 Å². The van der Waals surface area contributed by atoms with E-state index >= 15 is 0 Å². The second kappa shape index (κ2) is 2.14. The smallest absolute Gasteiger partial charge is 0.138 e. The average molecular weight is 170 g/mol. The molecule has 0 amide bonds. The molecule has 11 heavy (non-hydrogen) atoms. The predicted molar refractivity (Wildman–Crippen MR) is 41.3 cm³/mol. The fraction of sp³-hybridized carbons (Fsp3) is 0.375. The van der Waals surface area contributed by atoms with Crippen LogP contribution in [0.15, 0.2) is 10.8 Å². The Morgan fingerprint density at radius 2 is 2.27 bits per heavy atom. The molecule has 2 rings (SSSR count). The maximum Gasteiger partial charge on any atom is 0.138 e. The van der Waals surface area contributed by atoms with Crippen LogP contribution in [0.3, 0.4) is 0 Å². The monoisotopic (exact) mass is 170 g/mol. The van der Waals surface area contributed by atoms with Crippen molar-refractivity contribution < 1.29 is 9.18 Å². The van der Waals surface area contributed by atoms with E-state index in [1.165, 1.54) is 16.7 Å². The van der Waals surface area contributed by atoms with E-state index in [0.717, 1.165) is 19.1 Å². The Morgan fingerprint density at radius 3 is 2.64 bits per heavy atom. The van der Waals surface area contributed by atoms with Crippen molar-refractivity contribution in [2.75, 3.05) is 0 Å². The van der Waals surface area contributed by atoms with Crippen molar-refractivity contribution in [2.24, 2.45) is 0 Å². The van der Waals surface area contributed by atoms with E-state index in [0.29, 0.717) is 5.56 Å². The van der Waals surface area contributed by atoms with E-state index in [4.69, 9.17) is 0 Å². The summed E-state index contributed by atoms with van der Waals surface area (Å²) in [6, 6.07) is 0. The van der Waals surface area contributed by atoms with Crippen LogP contribution in [0.4, 0.5) is 4.39 Å². The summed E-state index contributed by atoms with van der Waals surface area (Å²) in [5, 5.41) is 3.18. The van der Waals surface area contributed by atoms with Gasteiger partial charge in [0.1, 0.15) is 12.1 Å². The lowest BCUT2D eigenvalue weighted by Gasteiger charge is -2.02. The van der Waals surface area contributed by atoms with Gasteiger partial charge in [0, 0.05) is 10.9 Å². The Morgan fingerprint density at radius 1 is 1.55 bits per heavy atom. The zero-order valence-electron chi connectivity index (χ0n) is 5.84. The molecule has 0 aliphatic heterocycles. The van der Waals surface area contributed by atoms with E-state index in [1.54, 1.807) is 5.38 Å². The Labute approximate surface area is 67.9 Å². The van der Waals surface area contributed by atoms with Crippen molar-refractivity contribution in [3.05, 3.63) is 22.1 Å². The fourth-order valence-corrected chi connectivity index (χ4v) is 2.02. The number of carbonyl (C=O) groups excluding carboxylic acids is 1. The second-order valence-electron chi connectivity index (χ2n) is 2.91. The van der Waals surface area contributed by atoms with Crippen LogP contribution in [0, 0.1) is 5.82 Å². The summed E-state index contributed by atoms with van der Waals surface area (Å²) < 4.78 is 12.9.